The lowest BCUT2D eigenvalue weighted by Gasteiger charge is -2.03. The molecule has 1 N–H and O–H groups in total. The maximum Gasteiger partial charge on any atom is 0.219 e. The van der Waals surface area contributed by atoms with Crippen LogP contribution >= 0.6 is 0 Å². The van der Waals surface area contributed by atoms with E-state index in [1.165, 1.54) is 5.56 Å². The van der Waals surface area contributed by atoms with E-state index in [2.05, 4.69) is 16.4 Å². The van der Waals surface area contributed by atoms with Crippen molar-refractivity contribution in [1.82, 2.24) is 10.3 Å². The lowest BCUT2D eigenvalue weighted by Crippen LogP contribution is -2.23. The molecule has 1 heterocycles. The fraction of sp³-hybridized carbons (Fsp3) is 0.500. The highest BCUT2D eigenvalue weighted by atomic mass is 16.1. The van der Waals surface area contributed by atoms with Gasteiger partial charge in [0.15, 0.2) is 0 Å². The van der Waals surface area contributed by atoms with Gasteiger partial charge in [-0.3, -0.25) is 9.78 Å². The Morgan fingerprint density at radius 3 is 3.00 bits per heavy atom. The molecular formula is C12H18N2O. The summed E-state index contributed by atoms with van der Waals surface area (Å²) in [7, 11) is 0. The van der Waals surface area contributed by atoms with E-state index in [-0.39, 0.29) is 5.91 Å². The van der Waals surface area contributed by atoms with Crippen molar-refractivity contribution in [3.05, 3.63) is 30.1 Å². The zero-order valence-electron chi connectivity index (χ0n) is 9.20. The van der Waals surface area contributed by atoms with E-state index in [9.17, 15) is 4.79 Å². The third-order valence-electron chi connectivity index (χ3n) is 2.26. The van der Waals surface area contributed by atoms with Crippen molar-refractivity contribution in [3.63, 3.8) is 0 Å². The minimum Gasteiger partial charge on any atom is -0.356 e. The monoisotopic (exact) mass is 206 g/mol. The Hall–Kier alpha value is -1.38. The molecule has 0 saturated heterocycles. The first-order valence-corrected chi connectivity index (χ1v) is 5.48. The molecule has 1 amide bonds. The van der Waals surface area contributed by atoms with Crippen LogP contribution in [0.1, 0.15) is 31.7 Å². The van der Waals surface area contributed by atoms with E-state index >= 15 is 0 Å². The predicted octanol–water partition coefficient (Wildman–Crippen LogP) is 1.93. The van der Waals surface area contributed by atoms with Gasteiger partial charge in [0.1, 0.15) is 0 Å². The van der Waals surface area contributed by atoms with Crippen molar-refractivity contribution in [2.45, 2.75) is 32.6 Å². The van der Waals surface area contributed by atoms with E-state index in [0.29, 0.717) is 6.42 Å². The minimum atomic E-state index is 0.136. The Kier molecular flexibility index (Phi) is 5.44. The molecule has 0 aromatic carbocycles. The molecule has 0 aliphatic rings. The molecule has 0 saturated carbocycles. The first kappa shape index (κ1) is 11.7. The molecule has 0 fully saturated rings. The van der Waals surface area contributed by atoms with Gasteiger partial charge < -0.3 is 5.32 Å². The standard InChI is InChI=1S/C12H18N2O/c1-2-12(15)14-9-4-3-6-11-7-5-8-13-10-11/h5,7-8,10H,2-4,6,9H2,1H3,(H,14,15). The summed E-state index contributed by atoms with van der Waals surface area (Å²) in [5.41, 5.74) is 1.26. The van der Waals surface area contributed by atoms with Crippen molar-refractivity contribution in [2.24, 2.45) is 0 Å². The van der Waals surface area contributed by atoms with Gasteiger partial charge in [0.2, 0.25) is 5.91 Å². The molecule has 15 heavy (non-hydrogen) atoms. The topological polar surface area (TPSA) is 42.0 Å². The first-order valence-electron chi connectivity index (χ1n) is 5.48. The largest absolute Gasteiger partial charge is 0.356 e. The number of aromatic nitrogens is 1. The molecule has 0 radical (unpaired) electrons. The zero-order valence-corrected chi connectivity index (χ0v) is 9.20. The molecule has 0 bridgehead atoms. The van der Waals surface area contributed by atoms with Crippen molar-refractivity contribution in [1.29, 1.82) is 0 Å². The molecule has 3 heteroatoms. The van der Waals surface area contributed by atoms with Crippen molar-refractivity contribution in [3.8, 4) is 0 Å². The third-order valence-corrected chi connectivity index (χ3v) is 2.26. The average Bonchev–Trinajstić information content (AvgIpc) is 2.29. The Morgan fingerprint density at radius 1 is 1.47 bits per heavy atom. The first-order chi connectivity index (χ1) is 7.33. The number of carbonyl (C=O) groups is 1. The molecule has 0 atom stereocenters. The van der Waals surface area contributed by atoms with Crippen LogP contribution in [0, 0.1) is 0 Å². The average molecular weight is 206 g/mol. The number of nitrogens with one attached hydrogen (secondary N) is 1. The number of nitrogens with zero attached hydrogens (tertiary/aromatic N) is 1. The quantitative estimate of drug-likeness (QED) is 0.723. The normalized spacial score (nSPS) is 9.93. The Bertz CT molecular complexity index is 285. The van der Waals surface area contributed by atoms with Crippen LogP contribution in [0.25, 0.3) is 0 Å². The van der Waals surface area contributed by atoms with Gasteiger partial charge in [-0.15, -0.1) is 0 Å². The number of pyridine rings is 1. The Morgan fingerprint density at radius 2 is 2.33 bits per heavy atom. The molecule has 1 aromatic rings. The van der Waals surface area contributed by atoms with Crippen LogP contribution < -0.4 is 5.32 Å². The number of unbranched alkanes of at least 4 members (excludes halogenated alkanes) is 1. The Labute approximate surface area is 90.9 Å². The van der Waals surface area contributed by atoms with Crippen molar-refractivity contribution in [2.75, 3.05) is 6.54 Å². The molecule has 82 valence electrons. The maximum absolute atomic E-state index is 10.9. The van der Waals surface area contributed by atoms with E-state index in [0.717, 1.165) is 25.8 Å². The van der Waals surface area contributed by atoms with Gasteiger partial charge in [-0.1, -0.05) is 13.0 Å². The molecule has 1 aromatic heterocycles. The van der Waals surface area contributed by atoms with Crippen LogP contribution in [0.3, 0.4) is 0 Å². The molecule has 3 nitrogen and oxygen atoms in total. The van der Waals surface area contributed by atoms with E-state index in [4.69, 9.17) is 0 Å². The molecule has 0 unspecified atom stereocenters. The highest BCUT2D eigenvalue weighted by Crippen LogP contribution is 2.01. The second kappa shape index (κ2) is 6.98. The highest BCUT2D eigenvalue weighted by molar-refractivity contribution is 5.75. The molecule has 0 aliphatic carbocycles. The summed E-state index contributed by atoms with van der Waals surface area (Å²) in [5.74, 6) is 0.136. The van der Waals surface area contributed by atoms with Crippen molar-refractivity contribution < 1.29 is 4.79 Å². The smallest absolute Gasteiger partial charge is 0.219 e. The number of hydrogen-bond donors (Lipinski definition) is 1. The summed E-state index contributed by atoms with van der Waals surface area (Å²) < 4.78 is 0. The SMILES string of the molecule is CCC(=O)NCCCCc1cccnc1. The molecular weight excluding hydrogens is 188 g/mol. The summed E-state index contributed by atoms with van der Waals surface area (Å²) in [6.07, 6.45) is 7.41. The number of rotatable bonds is 6. The summed E-state index contributed by atoms with van der Waals surface area (Å²) >= 11 is 0. The molecule has 0 spiro atoms. The van der Waals surface area contributed by atoms with Crippen molar-refractivity contribution >= 4 is 5.91 Å². The number of hydrogen-bond acceptors (Lipinski definition) is 2. The minimum absolute atomic E-state index is 0.136. The zero-order chi connectivity index (χ0) is 10.9. The van der Waals surface area contributed by atoms with Gasteiger partial charge >= 0.3 is 0 Å². The summed E-state index contributed by atoms with van der Waals surface area (Å²) in [6.45, 7) is 2.65. The fourth-order valence-electron chi connectivity index (χ4n) is 1.35. The molecule has 1 rings (SSSR count). The fourth-order valence-corrected chi connectivity index (χ4v) is 1.35. The van der Waals surface area contributed by atoms with Gasteiger partial charge in [0.25, 0.3) is 0 Å². The summed E-state index contributed by atoms with van der Waals surface area (Å²) in [4.78, 5) is 15.0. The van der Waals surface area contributed by atoms with Crippen LogP contribution in [-0.4, -0.2) is 17.4 Å². The van der Waals surface area contributed by atoms with Crippen LogP contribution in [0.5, 0.6) is 0 Å². The number of carbonyl (C=O) groups excluding carboxylic acids is 1. The number of aryl methyl sites for hydroxylation is 1. The lowest BCUT2D eigenvalue weighted by molar-refractivity contribution is -0.120. The highest BCUT2D eigenvalue weighted by Gasteiger charge is 1.96. The maximum atomic E-state index is 10.9. The van der Waals surface area contributed by atoms with E-state index < -0.39 is 0 Å². The third kappa shape index (κ3) is 5.15. The second-order valence-corrected chi connectivity index (χ2v) is 3.52. The predicted molar refractivity (Wildman–Crippen MR) is 60.5 cm³/mol. The number of amides is 1. The van der Waals surface area contributed by atoms with Crippen LogP contribution in [0.15, 0.2) is 24.5 Å². The van der Waals surface area contributed by atoms with Gasteiger partial charge in [0.05, 0.1) is 0 Å². The van der Waals surface area contributed by atoms with E-state index in [1.54, 1.807) is 6.20 Å². The van der Waals surface area contributed by atoms with Crippen LogP contribution in [0.4, 0.5) is 0 Å². The second-order valence-electron chi connectivity index (χ2n) is 3.52. The van der Waals surface area contributed by atoms with E-state index in [1.807, 2.05) is 19.2 Å². The summed E-state index contributed by atoms with van der Waals surface area (Å²) in [5, 5.41) is 2.86. The summed E-state index contributed by atoms with van der Waals surface area (Å²) in [6, 6.07) is 4.03. The molecule has 0 aliphatic heterocycles. The van der Waals surface area contributed by atoms with Crippen LogP contribution in [0.2, 0.25) is 0 Å². The van der Waals surface area contributed by atoms with Gasteiger partial charge in [-0.2, -0.15) is 0 Å². The van der Waals surface area contributed by atoms with Gasteiger partial charge in [0, 0.05) is 25.4 Å². The van der Waals surface area contributed by atoms with Crippen LogP contribution in [-0.2, 0) is 11.2 Å². The Balaban J connectivity index is 2.05. The van der Waals surface area contributed by atoms with Gasteiger partial charge in [-0.05, 0) is 30.9 Å². The lowest BCUT2D eigenvalue weighted by atomic mass is 10.1. The van der Waals surface area contributed by atoms with Gasteiger partial charge in [-0.25, -0.2) is 0 Å².